The molecule has 0 aliphatic carbocycles. The zero-order chi connectivity index (χ0) is 12.9. The Kier molecular flexibility index (Phi) is 5.01. The Balaban J connectivity index is 2.70. The van der Waals surface area contributed by atoms with E-state index in [9.17, 15) is 4.79 Å². The second kappa shape index (κ2) is 6.06. The maximum absolute atomic E-state index is 12.0. The Bertz CT molecular complexity index is 388. The Labute approximate surface area is 108 Å². The summed E-state index contributed by atoms with van der Waals surface area (Å²) in [7, 11) is 0. The molecule has 0 bridgehead atoms. The number of amides is 1. The molecular formula is C14H20ClNO. The van der Waals surface area contributed by atoms with Gasteiger partial charge in [-0.1, -0.05) is 39.0 Å². The molecule has 0 unspecified atom stereocenters. The molecule has 0 heterocycles. The van der Waals surface area contributed by atoms with Crippen molar-refractivity contribution in [2.24, 2.45) is 5.41 Å². The SMILES string of the molecule is CCc1ccccc1C(=O)NCC(C)(C)CCl. The van der Waals surface area contributed by atoms with Crippen molar-refractivity contribution in [3.63, 3.8) is 0 Å². The van der Waals surface area contributed by atoms with E-state index in [-0.39, 0.29) is 11.3 Å². The molecule has 1 rings (SSSR count). The second-order valence-electron chi connectivity index (χ2n) is 4.99. The highest BCUT2D eigenvalue weighted by Crippen LogP contribution is 2.16. The topological polar surface area (TPSA) is 29.1 Å². The fraction of sp³-hybridized carbons (Fsp3) is 0.500. The highest BCUT2D eigenvalue weighted by molar-refractivity contribution is 6.18. The van der Waals surface area contributed by atoms with Gasteiger partial charge in [0.25, 0.3) is 5.91 Å². The maximum atomic E-state index is 12.0. The van der Waals surface area contributed by atoms with Crippen molar-refractivity contribution in [2.45, 2.75) is 27.2 Å². The van der Waals surface area contributed by atoms with Crippen LogP contribution in [0.4, 0.5) is 0 Å². The fourth-order valence-corrected chi connectivity index (χ4v) is 1.61. The first-order chi connectivity index (χ1) is 8.00. The van der Waals surface area contributed by atoms with Crippen LogP contribution >= 0.6 is 11.6 Å². The van der Waals surface area contributed by atoms with E-state index in [1.54, 1.807) is 0 Å². The van der Waals surface area contributed by atoms with Crippen molar-refractivity contribution in [3.05, 3.63) is 35.4 Å². The van der Waals surface area contributed by atoms with E-state index in [4.69, 9.17) is 11.6 Å². The molecule has 1 aromatic carbocycles. The maximum Gasteiger partial charge on any atom is 0.251 e. The van der Waals surface area contributed by atoms with Gasteiger partial charge in [0.2, 0.25) is 0 Å². The number of carbonyl (C=O) groups is 1. The summed E-state index contributed by atoms with van der Waals surface area (Å²) in [5, 5.41) is 2.94. The van der Waals surface area contributed by atoms with E-state index in [1.807, 2.05) is 38.1 Å². The minimum Gasteiger partial charge on any atom is -0.351 e. The molecule has 0 radical (unpaired) electrons. The molecule has 0 aliphatic heterocycles. The summed E-state index contributed by atoms with van der Waals surface area (Å²) < 4.78 is 0. The number of halogens is 1. The Hall–Kier alpha value is -1.02. The van der Waals surface area contributed by atoms with Crippen LogP contribution in [0.5, 0.6) is 0 Å². The first-order valence-corrected chi connectivity index (χ1v) is 6.45. The standard InChI is InChI=1S/C14H20ClNO/c1-4-11-7-5-6-8-12(11)13(17)16-10-14(2,3)9-15/h5-8H,4,9-10H2,1-3H3,(H,16,17). The van der Waals surface area contributed by atoms with E-state index in [0.29, 0.717) is 12.4 Å². The molecule has 0 aliphatic rings. The van der Waals surface area contributed by atoms with Gasteiger partial charge in [-0.05, 0) is 23.5 Å². The third kappa shape index (κ3) is 4.04. The molecule has 0 spiro atoms. The molecule has 1 amide bonds. The van der Waals surface area contributed by atoms with Crippen molar-refractivity contribution in [2.75, 3.05) is 12.4 Å². The lowest BCUT2D eigenvalue weighted by Gasteiger charge is -2.22. The summed E-state index contributed by atoms with van der Waals surface area (Å²) in [5.74, 6) is 0.517. The molecule has 0 saturated heterocycles. The van der Waals surface area contributed by atoms with E-state index < -0.39 is 0 Å². The van der Waals surface area contributed by atoms with Crippen LogP contribution in [0.25, 0.3) is 0 Å². The molecule has 3 heteroatoms. The average molecular weight is 254 g/mol. The van der Waals surface area contributed by atoms with E-state index >= 15 is 0 Å². The first-order valence-electron chi connectivity index (χ1n) is 5.92. The molecule has 0 fully saturated rings. The van der Waals surface area contributed by atoms with Gasteiger partial charge in [0.15, 0.2) is 0 Å². The second-order valence-corrected chi connectivity index (χ2v) is 5.26. The largest absolute Gasteiger partial charge is 0.351 e. The molecule has 17 heavy (non-hydrogen) atoms. The van der Waals surface area contributed by atoms with Crippen LogP contribution in [-0.2, 0) is 6.42 Å². The van der Waals surface area contributed by atoms with Crippen LogP contribution in [0.2, 0.25) is 0 Å². The third-order valence-corrected chi connectivity index (χ3v) is 3.46. The van der Waals surface area contributed by atoms with Gasteiger partial charge < -0.3 is 5.32 Å². The predicted octanol–water partition coefficient (Wildman–Crippen LogP) is 3.24. The van der Waals surface area contributed by atoms with Gasteiger partial charge in [-0.25, -0.2) is 0 Å². The van der Waals surface area contributed by atoms with Crippen molar-refractivity contribution < 1.29 is 4.79 Å². The van der Waals surface area contributed by atoms with Gasteiger partial charge in [-0.2, -0.15) is 0 Å². The normalized spacial score (nSPS) is 11.3. The third-order valence-electron chi connectivity index (χ3n) is 2.73. The zero-order valence-electron chi connectivity index (χ0n) is 10.7. The molecule has 0 saturated carbocycles. The molecule has 94 valence electrons. The number of hydrogen-bond acceptors (Lipinski definition) is 1. The molecule has 0 aromatic heterocycles. The number of nitrogens with one attached hydrogen (secondary N) is 1. The van der Waals surface area contributed by atoms with Gasteiger partial charge in [0.1, 0.15) is 0 Å². The quantitative estimate of drug-likeness (QED) is 0.802. The molecule has 2 nitrogen and oxygen atoms in total. The highest BCUT2D eigenvalue weighted by atomic mass is 35.5. The molecule has 1 N–H and O–H groups in total. The number of rotatable bonds is 5. The minimum atomic E-state index is -0.0711. The summed E-state index contributed by atoms with van der Waals surface area (Å²) >= 11 is 5.83. The van der Waals surface area contributed by atoms with Crippen LogP contribution in [0.1, 0.15) is 36.7 Å². The minimum absolute atomic E-state index is 0.0133. The van der Waals surface area contributed by atoms with Crippen LogP contribution in [-0.4, -0.2) is 18.3 Å². The van der Waals surface area contributed by atoms with E-state index in [1.165, 1.54) is 0 Å². The summed E-state index contributed by atoms with van der Waals surface area (Å²) in [6, 6.07) is 7.70. The average Bonchev–Trinajstić information content (AvgIpc) is 2.36. The smallest absolute Gasteiger partial charge is 0.251 e. The number of carbonyl (C=O) groups excluding carboxylic acids is 1. The van der Waals surface area contributed by atoms with E-state index in [0.717, 1.165) is 17.5 Å². The number of benzene rings is 1. The summed E-state index contributed by atoms with van der Waals surface area (Å²) in [6.07, 6.45) is 0.864. The molecular weight excluding hydrogens is 234 g/mol. The van der Waals surface area contributed by atoms with Crippen LogP contribution in [0.3, 0.4) is 0 Å². The lowest BCUT2D eigenvalue weighted by molar-refractivity contribution is 0.0939. The lowest BCUT2D eigenvalue weighted by atomic mass is 9.96. The number of alkyl halides is 1. The fourth-order valence-electron chi connectivity index (χ4n) is 1.51. The van der Waals surface area contributed by atoms with Gasteiger partial charge in [-0.3, -0.25) is 4.79 Å². The zero-order valence-corrected chi connectivity index (χ0v) is 11.5. The lowest BCUT2D eigenvalue weighted by Crippen LogP contribution is -2.35. The number of hydrogen-bond donors (Lipinski definition) is 1. The van der Waals surface area contributed by atoms with Crippen molar-refractivity contribution in [1.82, 2.24) is 5.32 Å². The van der Waals surface area contributed by atoms with Gasteiger partial charge >= 0.3 is 0 Å². The number of aryl methyl sites for hydroxylation is 1. The van der Waals surface area contributed by atoms with Crippen molar-refractivity contribution in [1.29, 1.82) is 0 Å². The molecule has 1 aromatic rings. The van der Waals surface area contributed by atoms with Gasteiger partial charge in [0, 0.05) is 18.0 Å². The Morgan fingerprint density at radius 3 is 2.59 bits per heavy atom. The van der Waals surface area contributed by atoms with Crippen LogP contribution in [0, 0.1) is 5.41 Å². The van der Waals surface area contributed by atoms with Crippen molar-refractivity contribution in [3.8, 4) is 0 Å². The Morgan fingerprint density at radius 2 is 2.00 bits per heavy atom. The van der Waals surface area contributed by atoms with Crippen LogP contribution in [0.15, 0.2) is 24.3 Å². The summed E-state index contributed by atoms with van der Waals surface area (Å²) in [5.41, 5.74) is 1.77. The van der Waals surface area contributed by atoms with Gasteiger partial charge in [-0.15, -0.1) is 11.6 Å². The summed E-state index contributed by atoms with van der Waals surface area (Å²) in [6.45, 7) is 6.71. The van der Waals surface area contributed by atoms with Crippen LogP contribution < -0.4 is 5.32 Å². The summed E-state index contributed by atoms with van der Waals surface area (Å²) in [4.78, 5) is 12.0. The monoisotopic (exact) mass is 253 g/mol. The first kappa shape index (κ1) is 14.0. The van der Waals surface area contributed by atoms with E-state index in [2.05, 4.69) is 12.2 Å². The van der Waals surface area contributed by atoms with Gasteiger partial charge in [0.05, 0.1) is 0 Å². The highest BCUT2D eigenvalue weighted by Gasteiger charge is 2.18. The molecule has 0 atom stereocenters. The van der Waals surface area contributed by atoms with Crippen molar-refractivity contribution >= 4 is 17.5 Å². The Morgan fingerprint density at radius 1 is 1.35 bits per heavy atom. The predicted molar refractivity (Wildman–Crippen MR) is 72.7 cm³/mol.